The molecule has 0 aromatic heterocycles. The maximum Gasteiger partial charge on any atom is 0.224 e. The van der Waals surface area contributed by atoms with Gasteiger partial charge in [0.2, 0.25) is 15.9 Å². The van der Waals surface area contributed by atoms with E-state index in [0.29, 0.717) is 13.1 Å². The summed E-state index contributed by atoms with van der Waals surface area (Å²) in [6.45, 7) is 11.1. The van der Waals surface area contributed by atoms with Crippen LogP contribution >= 0.6 is 0 Å². The summed E-state index contributed by atoms with van der Waals surface area (Å²) in [5.74, 6) is 0.00308. The molecule has 0 atom stereocenters. The van der Waals surface area contributed by atoms with Gasteiger partial charge in [-0.3, -0.25) is 4.79 Å². The van der Waals surface area contributed by atoms with Crippen molar-refractivity contribution in [1.29, 1.82) is 0 Å². The molecule has 1 fully saturated rings. The molecular formula is C19H29N3O3S. The summed E-state index contributed by atoms with van der Waals surface area (Å²) in [6, 6.07) is 6.29. The number of hydrogen-bond donors (Lipinski definition) is 0. The third-order valence-electron chi connectivity index (χ3n) is 4.93. The van der Waals surface area contributed by atoms with Crippen LogP contribution in [0.2, 0.25) is 0 Å². The SMILES string of the molecule is C=CCN(CCC(=O)N1CCN(c2cccc(C)c2C)CC1)S(C)(=O)=O. The lowest BCUT2D eigenvalue weighted by Crippen LogP contribution is -2.49. The second kappa shape index (κ2) is 8.68. The Balaban J connectivity index is 1.90. The molecule has 26 heavy (non-hydrogen) atoms. The van der Waals surface area contributed by atoms with Gasteiger partial charge in [-0.25, -0.2) is 8.42 Å². The highest BCUT2D eigenvalue weighted by Crippen LogP contribution is 2.24. The quantitative estimate of drug-likeness (QED) is 0.678. The van der Waals surface area contributed by atoms with E-state index in [1.165, 1.54) is 27.2 Å². The van der Waals surface area contributed by atoms with Crippen LogP contribution in [0.3, 0.4) is 0 Å². The average molecular weight is 380 g/mol. The first-order valence-corrected chi connectivity index (χ1v) is 10.7. The number of benzene rings is 1. The summed E-state index contributed by atoms with van der Waals surface area (Å²) >= 11 is 0. The monoisotopic (exact) mass is 379 g/mol. The van der Waals surface area contributed by atoms with Gasteiger partial charge < -0.3 is 9.80 Å². The van der Waals surface area contributed by atoms with Crippen LogP contribution in [0, 0.1) is 13.8 Å². The topological polar surface area (TPSA) is 60.9 Å². The number of sulfonamides is 1. The van der Waals surface area contributed by atoms with Gasteiger partial charge in [-0.1, -0.05) is 18.2 Å². The van der Waals surface area contributed by atoms with Crippen molar-refractivity contribution in [1.82, 2.24) is 9.21 Å². The first-order chi connectivity index (χ1) is 12.2. The molecule has 0 spiro atoms. The van der Waals surface area contributed by atoms with Crippen LogP contribution < -0.4 is 4.90 Å². The highest BCUT2D eigenvalue weighted by atomic mass is 32.2. The molecule has 1 aliphatic heterocycles. The molecule has 144 valence electrons. The molecule has 1 aromatic carbocycles. The fraction of sp³-hybridized carbons (Fsp3) is 0.526. The van der Waals surface area contributed by atoms with E-state index in [1.807, 2.05) is 4.90 Å². The predicted octanol–water partition coefficient (Wildman–Crippen LogP) is 1.79. The Morgan fingerprint density at radius 3 is 2.46 bits per heavy atom. The van der Waals surface area contributed by atoms with E-state index in [2.05, 4.69) is 43.5 Å². The Hall–Kier alpha value is -1.86. The van der Waals surface area contributed by atoms with Gasteiger partial charge in [0.1, 0.15) is 0 Å². The highest BCUT2D eigenvalue weighted by molar-refractivity contribution is 7.88. The summed E-state index contributed by atoms with van der Waals surface area (Å²) in [4.78, 5) is 16.6. The van der Waals surface area contributed by atoms with Gasteiger partial charge in [-0.05, 0) is 31.0 Å². The lowest BCUT2D eigenvalue weighted by atomic mass is 10.1. The number of carbonyl (C=O) groups excluding carboxylic acids is 1. The van der Waals surface area contributed by atoms with Gasteiger partial charge in [0.25, 0.3) is 0 Å². The number of rotatable bonds is 7. The van der Waals surface area contributed by atoms with Crippen molar-refractivity contribution < 1.29 is 13.2 Å². The lowest BCUT2D eigenvalue weighted by molar-refractivity contribution is -0.131. The Kier molecular flexibility index (Phi) is 6.83. The van der Waals surface area contributed by atoms with Crippen molar-refractivity contribution in [3.8, 4) is 0 Å². The Morgan fingerprint density at radius 2 is 1.88 bits per heavy atom. The molecular weight excluding hydrogens is 350 g/mol. The minimum absolute atomic E-state index is 0.00308. The number of nitrogens with zero attached hydrogens (tertiary/aromatic N) is 3. The van der Waals surface area contributed by atoms with E-state index in [0.717, 1.165) is 19.3 Å². The molecule has 0 bridgehead atoms. The van der Waals surface area contributed by atoms with Crippen LogP contribution in [0.1, 0.15) is 17.5 Å². The number of aryl methyl sites for hydroxylation is 1. The normalized spacial score (nSPS) is 15.4. The molecule has 0 unspecified atom stereocenters. The highest BCUT2D eigenvalue weighted by Gasteiger charge is 2.24. The second-order valence-corrected chi connectivity index (χ2v) is 8.73. The van der Waals surface area contributed by atoms with E-state index in [4.69, 9.17) is 0 Å². The van der Waals surface area contributed by atoms with Gasteiger partial charge in [0.15, 0.2) is 0 Å². The summed E-state index contributed by atoms with van der Waals surface area (Å²) in [7, 11) is -3.32. The number of piperazine rings is 1. The molecule has 7 heteroatoms. The third kappa shape index (κ3) is 5.08. The van der Waals surface area contributed by atoms with E-state index in [9.17, 15) is 13.2 Å². The molecule has 1 aliphatic rings. The van der Waals surface area contributed by atoms with Crippen LogP contribution in [0.25, 0.3) is 0 Å². The lowest BCUT2D eigenvalue weighted by Gasteiger charge is -2.37. The molecule has 0 aliphatic carbocycles. The molecule has 6 nitrogen and oxygen atoms in total. The van der Waals surface area contributed by atoms with Gasteiger partial charge in [-0.15, -0.1) is 6.58 Å². The van der Waals surface area contributed by atoms with Crippen molar-refractivity contribution in [2.24, 2.45) is 0 Å². The Morgan fingerprint density at radius 1 is 1.23 bits per heavy atom. The molecule has 1 amide bonds. The van der Waals surface area contributed by atoms with E-state index in [-0.39, 0.29) is 25.4 Å². The molecule has 1 aromatic rings. The fourth-order valence-corrected chi connectivity index (χ4v) is 3.99. The second-order valence-electron chi connectivity index (χ2n) is 6.75. The van der Waals surface area contributed by atoms with E-state index in [1.54, 1.807) is 0 Å². The largest absolute Gasteiger partial charge is 0.368 e. The van der Waals surface area contributed by atoms with Crippen LogP contribution in [0.4, 0.5) is 5.69 Å². The summed E-state index contributed by atoms with van der Waals surface area (Å²) in [5, 5.41) is 0. The smallest absolute Gasteiger partial charge is 0.224 e. The van der Waals surface area contributed by atoms with Crippen molar-refractivity contribution in [3.05, 3.63) is 42.0 Å². The fourth-order valence-electron chi connectivity index (χ4n) is 3.19. The maximum absolute atomic E-state index is 12.5. The molecule has 1 saturated heterocycles. The average Bonchev–Trinajstić information content (AvgIpc) is 2.60. The van der Waals surface area contributed by atoms with Crippen molar-refractivity contribution >= 4 is 21.6 Å². The van der Waals surface area contributed by atoms with Crippen molar-refractivity contribution in [3.63, 3.8) is 0 Å². The number of anilines is 1. The Labute approximate surface area is 157 Å². The van der Waals surface area contributed by atoms with E-state index >= 15 is 0 Å². The van der Waals surface area contributed by atoms with Crippen LogP contribution in [-0.4, -0.2) is 69.1 Å². The zero-order chi connectivity index (χ0) is 19.3. The van der Waals surface area contributed by atoms with Gasteiger partial charge in [0.05, 0.1) is 6.26 Å². The Bertz CT molecular complexity index is 753. The van der Waals surface area contributed by atoms with Crippen molar-refractivity contribution in [2.45, 2.75) is 20.3 Å². The minimum Gasteiger partial charge on any atom is -0.368 e. The summed E-state index contributed by atoms with van der Waals surface area (Å²) < 4.78 is 24.7. The molecule has 0 radical (unpaired) electrons. The summed E-state index contributed by atoms with van der Waals surface area (Å²) in [5.41, 5.74) is 3.77. The van der Waals surface area contributed by atoms with Crippen LogP contribution in [0.15, 0.2) is 30.9 Å². The number of carbonyl (C=O) groups is 1. The zero-order valence-electron chi connectivity index (χ0n) is 15.9. The first kappa shape index (κ1) is 20.5. The maximum atomic E-state index is 12.5. The number of hydrogen-bond acceptors (Lipinski definition) is 4. The molecule has 1 heterocycles. The number of amides is 1. The van der Waals surface area contributed by atoms with E-state index < -0.39 is 10.0 Å². The van der Waals surface area contributed by atoms with Gasteiger partial charge in [-0.2, -0.15) is 4.31 Å². The standard InChI is InChI=1S/C19H29N3O3S/c1-5-10-22(26(4,24)25)11-9-19(23)21-14-12-20(13-15-21)18-8-6-7-16(2)17(18)3/h5-8H,1,9-15H2,2-4H3. The predicted molar refractivity (Wildman–Crippen MR) is 106 cm³/mol. The third-order valence-corrected chi connectivity index (χ3v) is 6.20. The first-order valence-electron chi connectivity index (χ1n) is 8.89. The van der Waals surface area contributed by atoms with Gasteiger partial charge >= 0.3 is 0 Å². The summed E-state index contributed by atoms with van der Waals surface area (Å²) in [6.07, 6.45) is 2.89. The molecule has 0 N–H and O–H groups in total. The molecule has 0 saturated carbocycles. The van der Waals surface area contributed by atoms with Gasteiger partial charge in [0, 0.05) is 51.4 Å². The van der Waals surface area contributed by atoms with Crippen LogP contribution in [-0.2, 0) is 14.8 Å². The van der Waals surface area contributed by atoms with Crippen LogP contribution in [0.5, 0.6) is 0 Å². The molecule has 2 rings (SSSR count). The minimum atomic E-state index is -3.32. The zero-order valence-corrected chi connectivity index (χ0v) is 16.8. The van der Waals surface area contributed by atoms with Crippen molar-refractivity contribution in [2.75, 3.05) is 50.4 Å².